The van der Waals surface area contributed by atoms with Gasteiger partial charge in [-0.05, 0) is 61.1 Å². The van der Waals surface area contributed by atoms with E-state index in [-0.39, 0.29) is 0 Å². The van der Waals surface area contributed by atoms with Crippen LogP contribution in [-0.2, 0) is 24.2 Å². The van der Waals surface area contributed by atoms with Gasteiger partial charge in [-0.25, -0.2) is 0 Å². The summed E-state index contributed by atoms with van der Waals surface area (Å²) in [6.45, 7) is 1.69. The Morgan fingerprint density at radius 1 is 0.676 bits per heavy atom. The molecule has 3 aromatic carbocycles. The molecule has 0 N–H and O–H groups in total. The molecule has 3 heteroatoms. The van der Waals surface area contributed by atoms with Crippen LogP contribution in [0.2, 0.25) is 0 Å². The van der Waals surface area contributed by atoms with Gasteiger partial charge in [-0.3, -0.25) is 4.79 Å². The second kappa shape index (κ2) is 15.3. The summed E-state index contributed by atoms with van der Waals surface area (Å²) in [7, 11) is 0. The standard InChI is InChI=1S/C21H25NO.C10H13Cl/c23-21-15-20(14-8-7-11-18-9-3-1-4-10-18)17-22(21)16-19-12-5-2-6-13-19;11-9-5-4-8-10-6-2-1-3-7-10/h1-6,9-10,12-13,20H,7-8,11,14-17H2;1-3,6-7H,4-5,8-9H2. The Bertz CT molecular complexity index is 929. The Morgan fingerprint density at radius 3 is 1.71 bits per heavy atom. The van der Waals surface area contributed by atoms with Gasteiger partial charge in [0.2, 0.25) is 5.91 Å². The number of hydrogen-bond donors (Lipinski definition) is 0. The highest BCUT2D eigenvalue weighted by molar-refractivity contribution is 6.17. The lowest BCUT2D eigenvalue weighted by Crippen LogP contribution is -2.24. The molecule has 1 saturated heterocycles. The average Bonchev–Trinajstić information content (AvgIpc) is 3.23. The summed E-state index contributed by atoms with van der Waals surface area (Å²) in [5.74, 6) is 1.65. The molecule has 0 saturated carbocycles. The zero-order valence-electron chi connectivity index (χ0n) is 20.2. The van der Waals surface area contributed by atoms with Crippen molar-refractivity contribution in [1.82, 2.24) is 4.90 Å². The summed E-state index contributed by atoms with van der Waals surface area (Å²) in [5, 5.41) is 0. The molecule has 0 aliphatic carbocycles. The summed E-state index contributed by atoms with van der Waals surface area (Å²) in [4.78, 5) is 14.2. The van der Waals surface area contributed by atoms with Crippen molar-refractivity contribution in [2.45, 2.75) is 57.9 Å². The molecular formula is C31H38ClNO. The molecule has 1 atom stereocenters. The molecule has 0 bridgehead atoms. The topological polar surface area (TPSA) is 20.3 Å². The predicted octanol–water partition coefficient (Wildman–Crippen LogP) is 7.70. The molecule has 1 fully saturated rings. The van der Waals surface area contributed by atoms with Gasteiger partial charge in [-0.1, -0.05) is 97.4 Å². The van der Waals surface area contributed by atoms with Crippen molar-refractivity contribution in [2.24, 2.45) is 5.92 Å². The van der Waals surface area contributed by atoms with Crippen LogP contribution in [0, 0.1) is 5.92 Å². The van der Waals surface area contributed by atoms with Crippen molar-refractivity contribution in [1.29, 1.82) is 0 Å². The number of unbranched alkanes of at least 4 members (excludes halogenated alkanes) is 2. The smallest absolute Gasteiger partial charge is 0.223 e. The van der Waals surface area contributed by atoms with E-state index in [0.29, 0.717) is 11.8 Å². The molecule has 3 aromatic rings. The Morgan fingerprint density at radius 2 is 1.18 bits per heavy atom. The summed E-state index contributed by atoms with van der Waals surface area (Å²) in [5.41, 5.74) is 4.06. The third-order valence-corrected chi connectivity index (χ3v) is 6.64. The van der Waals surface area contributed by atoms with E-state index in [4.69, 9.17) is 11.6 Å². The molecule has 0 spiro atoms. The SMILES string of the molecule is ClCCCCc1ccccc1.O=C1CC(CCCCc2ccccc2)CN1Cc1ccccc1. The number of halogens is 1. The molecular weight excluding hydrogens is 438 g/mol. The third kappa shape index (κ3) is 9.73. The minimum atomic E-state index is 0.321. The van der Waals surface area contributed by atoms with Crippen LogP contribution >= 0.6 is 11.6 Å². The van der Waals surface area contributed by atoms with Gasteiger partial charge in [0.25, 0.3) is 0 Å². The number of amides is 1. The molecule has 1 unspecified atom stereocenters. The normalized spacial score (nSPS) is 15.1. The monoisotopic (exact) mass is 475 g/mol. The van der Waals surface area contributed by atoms with Gasteiger partial charge < -0.3 is 4.90 Å². The number of nitrogens with zero attached hydrogens (tertiary/aromatic N) is 1. The van der Waals surface area contributed by atoms with Crippen molar-refractivity contribution < 1.29 is 4.79 Å². The van der Waals surface area contributed by atoms with Crippen LogP contribution in [0.15, 0.2) is 91.0 Å². The maximum atomic E-state index is 12.2. The van der Waals surface area contributed by atoms with E-state index in [1.807, 2.05) is 29.2 Å². The van der Waals surface area contributed by atoms with Crippen LogP contribution in [0.3, 0.4) is 0 Å². The van der Waals surface area contributed by atoms with Crippen LogP contribution in [0.5, 0.6) is 0 Å². The summed E-state index contributed by atoms with van der Waals surface area (Å²) >= 11 is 5.57. The number of rotatable bonds is 11. The largest absolute Gasteiger partial charge is 0.338 e. The first kappa shape index (κ1) is 26.0. The predicted molar refractivity (Wildman–Crippen MR) is 144 cm³/mol. The van der Waals surface area contributed by atoms with Gasteiger partial charge in [0, 0.05) is 25.4 Å². The van der Waals surface area contributed by atoms with Gasteiger partial charge in [0.1, 0.15) is 0 Å². The summed E-state index contributed by atoms with van der Waals surface area (Å²) in [6.07, 6.45) is 8.97. The average molecular weight is 476 g/mol. The zero-order valence-corrected chi connectivity index (χ0v) is 21.0. The van der Waals surface area contributed by atoms with Crippen molar-refractivity contribution in [2.75, 3.05) is 12.4 Å². The molecule has 180 valence electrons. The fourth-order valence-electron chi connectivity index (χ4n) is 4.48. The number of carbonyl (C=O) groups excluding carboxylic acids is 1. The second-order valence-corrected chi connectivity index (χ2v) is 9.57. The summed E-state index contributed by atoms with van der Waals surface area (Å²) in [6, 6.07) is 31.5. The van der Waals surface area contributed by atoms with E-state index in [0.717, 1.165) is 44.7 Å². The lowest BCUT2D eigenvalue weighted by molar-refractivity contribution is -0.128. The van der Waals surface area contributed by atoms with Crippen LogP contribution in [0.1, 0.15) is 55.2 Å². The first-order chi connectivity index (χ1) is 16.7. The number of hydrogen-bond acceptors (Lipinski definition) is 1. The van der Waals surface area contributed by atoms with E-state index >= 15 is 0 Å². The highest BCUT2D eigenvalue weighted by Gasteiger charge is 2.28. The number of aryl methyl sites for hydroxylation is 2. The van der Waals surface area contributed by atoms with Crippen molar-refractivity contribution in [3.63, 3.8) is 0 Å². The van der Waals surface area contributed by atoms with E-state index in [1.165, 1.54) is 42.4 Å². The van der Waals surface area contributed by atoms with Crippen molar-refractivity contribution in [3.05, 3.63) is 108 Å². The molecule has 1 aliphatic heterocycles. The minimum absolute atomic E-state index is 0.321. The molecule has 0 aromatic heterocycles. The molecule has 1 amide bonds. The quantitative estimate of drug-likeness (QED) is 0.205. The maximum absolute atomic E-state index is 12.2. The fourth-order valence-corrected chi connectivity index (χ4v) is 4.67. The van der Waals surface area contributed by atoms with Crippen LogP contribution in [0.4, 0.5) is 0 Å². The Hall–Kier alpha value is -2.58. The molecule has 34 heavy (non-hydrogen) atoms. The van der Waals surface area contributed by atoms with Crippen LogP contribution < -0.4 is 0 Å². The van der Waals surface area contributed by atoms with Gasteiger partial charge in [0.15, 0.2) is 0 Å². The van der Waals surface area contributed by atoms with E-state index in [2.05, 4.69) is 66.7 Å². The van der Waals surface area contributed by atoms with E-state index in [1.54, 1.807) is 0 Å². The second-order valence-electron chi connectivity index (χ2n) is 9.19. The van der Waals surface area contributed by atoms with E-state index < -0.39 is 0 Å². The van der Waals surface area contributed by atoms with Crippen LogP contribution in [0.25, 0.3) is 0 Å². The Kier molecular flexibility index (Phi) is 11.8. The molecule has 1 heterocycles. The molecule has 2 nitrogen and oxygen atoms in total. The first-order valence-electron chi connectivity index (χ1n) is 12.7. The Labute approximate surface area is 211 Å². The van der Waals surface area contributed by atoms with Crippen molar-refractivity contribution in [3.8, 4) is 0 Å². The highest BCUT2D eigenvalue weighted by Crippen LogP contribution is 2.25. The molecule has 0 radical (unpaired) electrons. The zero-order chi connectivity index (χ0) is 23.8. The molecule has 1 aliphatic rings. The fraction of sp³-hybridized carbons (Fsp3) is 0.387. The van der Waals surface area contributed by atoms with Gasteiger partial charge in [-0.15, -0.1) is 11.6 Å². The number of benzene rings is 3. The van der Waals surface area contributed by atoms with Crippen LogP contribution in [-0.4, -0.2) is 23.2 Å². The van der Waals surface area contributed by atoms with E-state index in [9.17, 15) is 4.79 Å². The number of likely N-dealkylation sites (tertiary alicyclic amines) is 1. The minimum Gasteiger partial charge on any atom is -0.338 e. The lowest BCUT2D eigenvalue weighted by Gasteiger charge is -2.16. The first-order valence-corrected chi connectivity index (χ1v) is 13.2. The molecule has 4 rings (SSSR count). The lowest BCUT2D eigenvalue weighted by atomic mass is 9.99. The number of alkyl halides is 1. The third-order valence-electron chi connectivity index (χ3n) is 6.37. The maximum Gasteiger partial charge on any atom is 0.223 e. The van der Waals surface area contributed by atoms with Gasteiger partial charge in [0.05, 0.1) is 0 Å². The van der Waals surface area contributed by atoms with Gasteiger partial charge in [-0.2, -0.15) is 0 Å². The highest BCUT2D eigenvalue weighted by atomic mass is 35.5. The Balaban J connectivity index is 0.000000248. The number of carbonyl (C=O) groups is 1. The summed E-state index contributed by atoms with van der Waals surface area (Å²) < 4.78 is 0. The van der Waals surface area contributed by atoms with Gasteiger partial charge >= 0.3 is 0 Å². The van der Waals surface area contributed by atoms with Crippen molar-refractivity contribution >= 4 is 17.5 Å².